The van der Waals surface area contributed by atoms with E-state index in [1.54, 1.807) is 16.8 Å². The fourth-order valence-corrected chi connectivity index (χ4v) is 3.79. The summed E-state index contributed by atoms with van der Waals surface area (Å²) in [4.78, 5) is 30.6. The number of pyridine rings is 2. The molecule has 4 rings (SSSR count). The molecule has 3 aromatic rings. The smallest absolute Gasteiger partial charge is 0.267 e. The van der Waals surface area contributed by atoms with E-state index in [0.717, 1.165) is 18.4 Å². The quantitative estimate of drug-likeness (QED) is 0.659. The molecule has 0 bridgehead atoms. The number of aromatic nitrogens is 3. The van der Waals surface area contributed by atoms with Crippen molar-refractivity contribution < 1.29 is 9.53 Å². The zero-order valence-corrected chi connectivity index (χ0v) is 16.9. The molecule has 0 radical (unpaired) electrons. The molecule has 1 aliphatic heterocycles. The van der Waals surface area contributed by atoms with Crippen molar-refractivity contribution in [1.82, 2.24) is 19.3 Å². The summed E-state index contributed by atoms with van der Waals surface area (Å²) in [6.07, 6.45) is 3.64. The molecule has 1 atom stereocenters. The van der Waals surface area contributed by atoms with Crippen molar-refractivity contribution >= 4 is 22.6 Å². The monoisotopic (exact) mass is 395 g/mol. The first-order valence-electron chi connectivity index (χ1n) is 9.89. The van der Waals surface area contributed by atoms with Crippen LogP contribution in [-0.4, -0.2) is 39.1 Å². The molecule has 1 amide bonds. The summed E-state index contributed by atoms with van der Waals surface area (Å²) in [5, 5.41) is 11.8. The van der Waals surface area contributed by atoms with E-state index in [2.05, 4.69) is 10.3 Å². The Kier molecular flexibility index (Phi) is 4.96. The Morgan fingerprint density at radius 3 is 2.90 bits per heavy atom. The molecule has 2 N–H and O–H groups in total. The van der Waals surface area contributed by atoms with Gasteiger partial charge >= 0.3 is 0 Å². The molecule has 8 nitrogen and oxygen atoms in total. The Labute approximate surface area is 167 Å². The van der Waals surface area contributed by atoms with Crippen molar-refractivity contribution in [3.05, 3.63) is 51.4 Å². The van der Waals surface area contributed by atoms with Crippen molar-refractivity contribution in [3.8, 4) is 0 Å². The van der Waals surface area contributed by atoms with Gasteiger partial charge in [-0.15, -0.1) is 0 Å². The lowest BCUT2D eigenvalue weighted by molar-refractivity contribution is 0.0855. The second-order valence-corrected chi connectivity index (χ2v) is 7.80. The van der Waals surface area contributed by atoms with E-state index in [1.807, 2.05) is 26.8 Å². The second kappa shape index (κ2) is 7.44. The van der Waals surface area contributed by atoms with Gasteiger partial charge in [0.15, 0.2) is 0 Å². The third-order valence-electron chi connectivity index (χ3n) is 5.27. The number of aryl methyl sites for hydroxylation is 1. The van der Waals surface area contributed by atoms with Crippen molar-refractivity contribution in [2.45, 2.75) is 45.8 Å². The number of ether oxygens (including phenoxy) is 1. The minimum absolute atomic E-state index is 0.00465. The van der Waals surface area contributed by atoms with Gasteiger partial charge in [0.1, 0.15) is 16.8 Å². The molecule has 1 aliphatic rings. The first kappa shape index (κ1) is 19.3. The van der Waals surface area contributed by atoms with Crippen LogP contribution in [0.25, 0.3) is 16.7 Å². The molecular formula is C21H25N5O3. The largest absolute Gasteiger partial charge is 0.376 e. The van der Waals surface area contributed by atoms with Crippen LogP contribution in [0.1, 0.15) is 48.7 Å². The van der Waals surface area contributed by atoms with E-state index in [1.165, 1.54) is 10.5 Å². The summed E-state index contributed by atoms with van der Waals surface area (Å²) >= 11 is 0. The average Bonchev–Trinajstić information content (AvgIpc) is 3.20. The topological polar surface area (TPSA) is 101 Å². The van der Waals surface area contributed by atoms with Crippen LogP contribution in [0.3, 0.4) is 0 Å². The van der Waals surface area contributed by atoms with Crippen LogP contribution in [-0.2, 0) is 4.74 Å². The number of carbonyl (C=O) groups is 1. The minimum Gasteiger partial charge on any atom is -0.376 e. The molecule has 3 aromatic heterocycles. The Balaban J connectivity index is 1.88. The summed E-state index contributed by atoms with van der Waals surface area (Å²) in [5.41, 5.74) is 1.81. The van der Waals surface area contributed by atoms with Gasteiger partial charge in [-0.3, -0.25) is 19.4 Å². The highest BCUT2D eigenvalue weighted by Gasteiger charge is 2.21. The van der Waals surface area contributed by atoms with Gasteiger partial charge < -0.3 is 14.6 Å². The fraction of sp³-hybridized carbons (Fsp3) is 0.429. The van der Waals surface area contributed by atoms with Crippen LogP contribution in [0.4, 0.5) is 0 Å². The summed E-state index contributed by atoms with van der Waals surface area (Å²) in [6.45, 7) is 6.82. The molecule has 8 heteroatoms. The first-order chi connectivity index (χ1) is 13.9. The predicted octanol–water partition coefficient (Wildman–Crippen LogP) is 1.93. The van der Waals surface area contributed by atoms with Gasteiger partial charge in [-0.25, -0.2) is 4.98 Å². The number of fused-ring (bicyclic) bond motifs is 2. The molecule has 0 unspecified atom stereocenters. The van der Waals surface area contributed by atoms with Gasteiger partial charge in [0.2, 0.25) is 0 Å². The third kappa shape index (κ3) is 3.44. The van der Waals surface area contributed by atoms with E-state index >= 15 is 0 Å². The van der Waals surface area contributed by atoms with Gasteiger partial charge in [-0.2, -0.15) is 0 Å². The zero-order chi connectivity index (χ0) is 20.7. The Morgan fingerprint density at radius 2 is 2.21 bits per heavy atom. The maximum Gasteiger partial charge on any atom is 0.267 e. The standard InChI is InChI=1S/C21H25N5O3/c1-12(2)26-18(22)15(20(27)23-10-14-5-4-8-29-14)9-16-19(26)24-17-7-6-13(3)11-25(17)21(16)28/h6-7,9,11-12,14,22H,4-5,8,10H2,1-3H3,(H,23,27)/t14-/m1/s1. The highest BCUT2D eigenvalue weighted by molar-refractivity contribution is 5.96. The predicted molar refractivity (Wildman–Crippen MR) is 109 cm³/mol. The van der Waals surface area contributed by atoms with Gasteiger partial charge in [-0.05, 0) is 51.3 Å². The van der Waals surface area contributed by atoms with E-state index in [9.17, 15) is 9.59 Å². The molecule has 0 aliphatic carbocycles. The minimum atomic E-state index is -0.379. The van der Waals surface area contributed by atoms with Gasteiger partial charge in [-0.1, -0.05) is 6.07 Å². The first-order valence-corrected chi connectivity index (χ1v) is 9.89. The van der Waals surface area contributed by atoms with Crippen molar-refractivity contribution in [3.63, 3.8) is 0 Å². The van der Waals surface area contributed by atoms with E-state index in [-0.39, 0.29) is 34.7 Å². The molecular weight excluding hydrogens is 370 g/mol. The van der Waals surface area contributed by atoms with Crippen LogP contribution in [0, 0.1) is 12.3 Å². The number of nitrogens with zero attached hydrogens (tertiary/aromatic N) is 3. The Hall–Kier alpha value is -3.00. The maximum atomic E-state index is 13.2. The van der Waals surface area contributed by atoms with Crippen LogP contribution in [0.15, 0.2) is 29.2 Å². The van der Waals surface area contributed by atoms with Crippen molar-refractivity contribution in [1.29, 1.82) is 5.41 Å². The molecule has 0 aromatic carbocycles. The number of nitrogens with one attached hydrogen (secondary N) is 2. The lowest BCUT2D eigenvalue weighted by atomic mass is 10.1. The molecule has 0 spiro atoms. The summed E-state index contributed by atoms with van der Waals surface area (Å²) < 4.78 is 8.67. The highest BCUT2D eigenvalue weighted by atomic mass is 16.5. The SMILES string of the molecule is Cc1ccc2nc3c(cc(C(=O)NC[C@H]4CCCO4)c(=N)n3C(C)C)c(=O)n2c1. The van der Waals surface area contributed by atoms with Crippen molar-refractivity contribution in [2.75, 3.05) is 13.2 Å². The van der Waals surface area contributed by atoms with Gasteiger partial charge in [0.25, 0.3) is 11.5 Å². The number of amides is 1. The molecule has 4 heterocycles. The summed E-state index contributed by atoms with van der Waals surface area (Å²) in [6, 6.07) is 5.02. The Bertz CT molecular complexity index is 1220. The van der Waals surface area contributed by atoms with E-state index in [0.29, 0.717) is 29.8 Å². The van der Waals surface area contributed by atoms with Crippen LogP contribution in [0.5, 0.6) is 0 Å². The zero-order valence-electron chi connectivity index (χ0n) is 16.9. The number of carbonyl (C=O) groups excluding carboxylic acids is 1. The Morgan fingerprint density at radius 1 is 1.41 bits per heavy atom. The third-order valence-corrected chi connectivity index (χ3v) is 5.27. The number of hydrogen-bond acceptors (Lipinski definition) is 5. The molecule has 1 fully saturated rings. The van der Waals surface area contributed by atoms with Crippen molar-refractivity contribution in [2.24, 2.45) is 0 Å². The van der Waals surface area contributed by atoms with Gasteiger partial charge in [0.05, 0.1) is 17.1 Å². The van der Waals surface area contributed by atoms with E-state index in [4.69, 9.17) is 10.1 Å². The maximum absolute atomic E-state index is 13.2. The van der Waals surface area contributed by atoms with Crippen LogP contribution >= 0.6 is 0 Å². The molecule has 152 valence electrons. The van der Waals surface area contributed by atoms with Gasteiger partial charge in [0, 0.05) is 25.4 Å². The normalized spacial score (nSPS) is 16.8. The average molecular weight is 395 g/mol. The summed E-state index contributed by atoms with van der Waals surface area (Å²) in [7, 11) is 0. The highest BCUT2D eigenvalue weighted by Crippen LogP contribution is 2.15. The molecule has 29 heavy (non-hydrogen) atoms. The second-order valence-electron chi connectivity index (χ2n) is 7.80. The number of hydrogen-bond donors (Lipinski definition) is 2. The van der Waals surface area contributed by atoms with Crippen LogP contribution in [0.2, 0.25) is 0 Å². The molecule has 1 saturated heterocycles. The lowest BCUT2D eigenvalue weighted by Crippen LogP contribution is -2.38. The van der Waals surface area contributed by atoms with Crippen LogP contribution < -0.4 is 16.4 Å². The fourth-order valence-electron chi connectivity index (χ4n) is 3.79. The lowest BCUT2D eigenvalue weighted by Gasteiger charge is -2.18. The summed E-state index contributed by atoms with van der Waals surface area (Å²) in [5.74, 6) is -0.379. The van der Waals surface area contributed by atoms with E-state index < -0.39 is 0 Å². The molecule has 0 saturated carbocycles. The number of rotatable bonds is 4.